The van der Waals surface area contributed by atoms with Crippen LogP contribution in [0.25, 0.3) is 0 Å². The highest BCUT2D eigenvalue weighted by Gasteiger charge is 2.05. The lowest BCUT2D eigenvalue weighted by atomic mass is 10.1. The van der Waals surface area contributed by atoms with Gasteiger partial charge in [0.25, 0.3) is 0 Å². The van der Waals surface area contributed by atoms with Gasteiger partial charge in [0.05, 0.1) is 0 Å². The van der Waals surface area contributed by atoms with Crippen molar-refractivity contribution < 1.29 is 9.18 Å². The van der Waals surface area contributed by atoms with Crippen LogP contribution in [-0.2, 0) is 19.6 Å². The van der Waals surface area contributed by atoms with Crippen molar-refractivity contribution in [1.82, 2.24) is 10.6 Å². The molecule has 0 fully saturated rings. The molecule has 110 valence electrons. The number of rotatable bonds is 5. The zero-order valence-electron chi connectivity index (χ0n) is 11.6. The van der Waals surface area contributed by atoms with Crippen molar-refractivity contribution in [2.24, 2.45) is 5.73 Å². The van der Waals surface area contributed by atoms with Crippen LogP contribution < -0.4 is 16.4 Å². The Hall–Kier alpha value is -2.40. The molecular formula is C16H18FN3O. The molecule has 0 saturated heterocycles. The third-order valence-electron chi connectivity index (χ3n) is 3.09. The van der Waals surface area contributed by atoms with Gasteiger partial charge in [-0.15, -0.1) is 0 Å². The zero-order chi connectivity index (χ0) is 15.1. The van der Waals surface area contributed by atoms with Crippen molar-refractivity contribution >= 4 is 6.03 Å². The highest BCUT2D eigenvalue weighted by atomic mass is 19.1. The third-order valence-corrected chi connectivity index (χ3v) is 3.09. The average Bonchev–Trinajstić information content (AvgIpc) is 2.52. The molecule has 2 amide bonds. The number of hydrogen-bond donors (Lipinski definition) is 3. The first-order chi connectivity index (χ1) is 10.2. The van der Waals surface area contributed by atoms with Gasteiger partial charge in [0, 0.05) is 25.2 Å². The Morgan fingerprint density at radius 3 is 2.38 bits per heavy atom. The van der Waals surface area contributed by atoms with Gasteiger partial charge in [-0.2, -0.15) is 0 Å². The maximum absolute atomic E-state index is 13.7. The molecule has 0 aromatic heterocycles. The van der Waals surface area contributed by atoms with Crippen molar-refractivity contribution in [2.75, 3.05) is 0 Å². The molecule has 2 aromatic carbocycles. The van der Waals surface area contributed by atoms with Crippen LogP contribution in [0.5, 0.6) is 0 Å². The summed E-state index contributed by atoms with van der Waals surface area (Å²) >= 11 is 0. The van der Waals surface area contributed by atoms with E-state index in [2.05, 4.69) is 10.6 Å². The number of nitrogens with one attached hydrogen (secondary N) is 2. The number of amides is 2. The summed E-state index contributed by atoms with van der Waals surface area (Å²) in [5, 5.41) is 5.34. The van der Waals surface area contributed by atoms with E-state index >= 15 is 0 Å². The van der Waals surface area contributed by atoms with E-state index in [1.807, 2.05) is 30.3 Å². The fourth-order valence-electron chi connectivity index (χ4n) is 1.88. The molecule has 2 aromatic rings. The molecule has 0 saturated carbocycles. The maximum Gasteiger partial charge on any atom is 0.315 e. The Morgan fingerprint density at radius 2 is 1.71 bits per heavy atom. The second kappa shape index (κ2) is 7.40. The van der Waals surface area contributed by atoms with Crippen LogP contribution in [0.2, 0.25) is 0 Å². The number of carbonyl (C=O) groups excluding carboxylic acids is 1. The van der Waals surface area contributed by atoms with Crippen molar-refractivity contribution in [2.45, 2.75) is 19.6 Å². The second-order valence-corrected chi connectivity index (χ2v) is 4.65. The molecule has 5 heteroatoms. The minimum Gasteiger partial charge on any atom is -0.334 e. The quantitative estimate of drug-likeness (QED) is 0.790. The summed E-state index contributed by atoms with van der Waals surface area (Å²) in [4.78, 5) is 11.7. The Kier molecular flexibility index (Phi) is 5.29. The van der Waals surface area contributed by atoms with Crippen LogP contribution in [-0.4, -0.2) is 6.03 Å². The minimum absolute atomic E-state index is 0.136. The third kappa shape index (κ3) is 4.57. The predicted molar refractivity (Wildman–Crippen MR) is 79.8 cm³/mol. The molecular weight excluding hydrogens is 269 g/mol. The molecule has 0 heterocycles. The van der Waals surface area contributed by atoms with Crippen LogP contribution in [0.3, 0.4) is 0 Å². The lowest BCUT2D eigenvalue weighted by Gasteiger charge is -2.09. The maximum atomic E-state index is 13.7. The fraction of sp³-hybridized carbons (Fsp3) is 0.188. The Labute approximate surface area is 123 Å². The van der Waals surface area contributed by atoms with Crippen molar-refractivity contribution in [3.05, 3.63) is 71.0 Å². The van der Waals surface area contributed by atoms with Gasteiger partial charge in [0.15, 0.2) is 0 Å². The SMILES string of the molecule is NCc1ccc(CNC(=O)NCc2ccccc2)c(F)c1. The second-order valence-electron chi connectivity index (χ2n) is 4.65. The van der Waals surface area contributed by atoms with Gasteiger partial charge in [-0.1, -0.05) is 42.5 Å². The van der Waals surface area contributed by atoms with E-state index in [-0.39, 0.29) is 18.4 Å². The van der Waals surface area contributed by atoms with Gasteiger partial charge in [-0.3, -0.25) is 0 Å². The number of halogens is 1. The van der Waals surface area contributed by atoms with E-state index in [1.165, 1.54) is 6.07 Å². The molecule has 2 rings (SSSR count). The van der Waals surface area contributed by atoms with Crippen molar-refractivity contribution in [1.29, 1.82) is 0 Å². The van der Waals surface area contributed by atoms with Crippen LogP contribution in [0.1, 0.15) is 16.7 Å². The van der Waals surface area contributed by atoms with Gasteiger partial charge in [-0.05, 0) is 17.2 Å². The molecule has 0 radical (unpaired) electrons. The van der Waals surface area contributed by atoms with E-state index in [4.69, 9.17) is 5.73 Å². The molecule has 0 bridgehead atoms. The molecule has 0 aliphatic rings. The fourth-order valence-corrected chi connectivity index (χ4v) is 1.88. The monoisotopic (exact) mass is 287 g/mol. The Balaban J connectivity index is 1.81. The molecule has 4 N–H and O–H groups in total. The van der Waals surface area contributed by atoms with E-state index in [0.717, 1.165) is 11.1 Å². The van der Waals surface area contributed by atoms with E-state index in [1.54, 1.807) is 12.1 Å². The largest absolute Gasteiger partial charge is 0.334 e. The van der Waals surface area contributed by atoms with Crippen LogP contribution >= 0.6 is 0 Å². The number of urea groups is 1. The van der Waals surface area contributed by atoms with Crippen LogP contribution in [0, 0.1) is 5.82 Å². The zero-order valence-corrected chi connectivity index (χ0v) is 11.6. The molecule has 21 heavy (non-hydrogen) atoms. The first kappa shape index (κ1) is 15.0. The standard InChI is InChI=1S/C16H18FN3O/c17-15-8-13(9-18)6-7-14(15)11-20-16(21)19-10-12-4-2-1-3-5-12/h1-8H,9-11,18H2,(H2,19,20,21). The molecule has 0 aliphatic carbocycles. The summed E-state index contributed by atoms with van der Waals surface area (Å²) in [6, 6.07) is 14.0. The molecule has 0 aliphatic heterocycles. The van der Waals surface area contributed by atoms with Crippen LogP contribution in [0.15, 0.2) is 48.5 Å². The topological polar surface area (TPSA) is 67.1 Å². The Bertz CT molecular complexity index is 602. The molecule has 0 atom stereocenters. The number of benzene rings is 2. The number of hydrogen-bond acceptors (Lipinski definition) is 2. The highest BCUT2D eigenvalue weighted by molar-refractivity contribution is 5.73. The van der Waals surface area contributed by atoms with Gasteiger partial charge in [0.2, 0.25) is 0 Å². The van der Waals surface area contributed by atoms with Crippen molar-refractivity contribution in [3.8, 4) is 0 Å². The molecule has 0 unspecified atom stereocenters. The smallest absolute Gasteiger partial charge is 0.315 e. The summed E-state index contributed by atoms with van der Waals surface area (Å²) in [7, 11) is 0. The Morgan fingerprint density at radius 1 is 1.00 bits per heavy atom. The summed E-state index contributed by atoms with van der Waals surface area (Å²) < 4.78 is 13.7. The van der Waals surface area contributed by atoms with Gasteiger partial charge in [-0.25, -0.2) is 9.18 Å². The molecule has 0 spiro atoms. The lowest BCUT2D eigenvalue weighted by Crippen LogP contribution is -2.34. The summed E-state index contributed by atoms with van der Waals surface area (Å²) in [5.74, 6) is -0.360. The van der Waals surface area contributed by atoms with E-state index in [9.17, 15) is 9.18 Å². The number of nitrogens with two attached hydrogens (primary N) is 1. The first-order valence-electron chi connectivity index (χ1n) is 6.72. The normalized spacial score (nSPS) is 10.2. The highest BCUT2D eigenvalue weighted by Crippen LogP contribution is 2.09. The van der Waals surface area contributed by atoms with E-state index < -0.39 is 0 Å². The summed E-state index contributed by atoms with van der Waals surface area (Å²) in [5.41, 5.74) is 7.60. The first-order valence-corrected chi connectivity index (χ1v) is 6.72. The van der Waals surface area contributed by atoms with Crippen molar-refractivity contribution in [3.63, 3.8) is 0 Å². The van der Waals surface area contributed by atoms with Crippen LogP contribution in [0.4, 0.5) is 9.18 Å². The summed E-state index contributed by atoms with van der Waals surface area (Å²) in [6.07, 6.45) is 0. The van der Waals surface area contributed by atoms with Gasteiger partial charge >= 0.3 is 6.03 Å². The average molecular weight is 287 g/mol. The summed E-state index contributed by atoms with van der Waals surface area (Å²) in [6.45, 7) is 0.862. The molecule has 4 nitrogen and oxygen atoms in total. The van der Waals surface area contributed by atoms with E-state index in [0.29, 0.717) is 18.7 Å². The van der Waals surface area contributed by atoms with Gasteiger partial charge in [0.1, 0.15) is 5.82 Å². The lowest BCUT2D eigenvalue weighted by molar-refractivity contribution is 0.240. The van der Waals surface area contributed by atoms with Gasteiger partial charge < -0.3 is 16.4 Å². The number of carbonyl (C=O) groups is 1. The minimum atomic E-state index is -0.360. The predicted octanol–water partition coefficient (Wildman–Crippen LogP) is 2.28.